The monoisotopic (exact) mass is 573 g/mol. The zero-order valence-corrected chi connectivity index (χ0v) is 24.4. The lowest BCUT2D eigenvalue weighted by Gasteiger charge is -2.24. The van der Waals surface area contributed by atoms with E-state index in [2.05, 4.69) is 20.1 Å². The van der Waals surface area contributed by atoms with Crippen molar-refractivity contribution in [1.82, 2.24) is 15.2 Å². The van der Waals surface area contributed by atoms with Crippen LogP contribution >= 0.6 is 0 Å². The molecule has 3 N–H and O–H groups in total. The molecule has 0 bridgehead atoms. The summed E-state index contributed by atoms with van der Waals surface area (Å²) in [7, 11) is 3.14. The number of hydrogen-bond acceptors (Lipinski definition) is 6. The number of alkyl carbamates (subject to hydrolysis) is 1. The summed E-state index contributed by atoms with van der Waals surface area (Å²) < 4.78 is 13.8. The lowest BCUT2D eigenvalue weighted by Crippen LogP contribution is -2.33. The summed E-state index contributed by atoms with van der Waals surface area (Å²) in [6, 6.07) is 18.7. The predicted molar refractivity (Wildman–Crippen MR) is 163 cm³/mol. The van der Waals surface area contributed by atoms with Gasteiger partial charge in [-0.3, -0.25) is 4.79 Å². The number of ether oxygens (including phenoxy) is 1. The number of anilines is 1. The van der Waals surface area contributed by atoms with Gasteiger partial charge in [-0.1, -0.05) is 18.2 Å². The minimum absolute atomic E-state index is 0.0359. The molecule has 10 heteroatoms. The maximum absolute atomic E-state index is 12.2. The molecule has 1 aliphatic carbocycles. The zero-order chi connectivity index (χ0) is 30.2. The zero-order valence-electron chi connectivity index (χ0n) is 24.4. The second-order valence-corrected chi connectivity index (χ2v) is 9.66. The Morgan fingerprint density at radius 1 is 0.976 bits per heavy atom. The quantitative estimate of drug-likeness (QED) is 0.183. The molecule has 220 valence electrons. The van der Waals surface area contributed by atoms with Gasteiger partial charge in [0.1, 0.15) is 24.5 Å². The maximum Gasteiger partial charge on any atom is 0.406 e. The molecule has 2 aliphatic rings. The fourth-order valence-electron chi connectivity index (χ4n) is 5.06. The average Bonchev–Trinajstić information content (AvgIpc) is 3.01. The van der Waals surface area contributed by atoms with Crippen LogP contribution in [0.25, 0.3) is 33.4 Å². The van der Waals surface area contributed by atoms with Crippen molar-refractivity contribution in [3.8, 4) is 22.5 Å². The predicted octanol–water partition coefficient (Wildman–Crippen LogP) is 4.01. The summed E-state index contributed by atoms with van der Waals surface area (Å²) in [6.45, 7) is 6.64. The number of aromatic carboxylic acids is 1. The van der Waals surface area contributed by atoms with E-state index in [1.165, 1.54) is 7.05 Å². The van der Waals surface area contributed by atoms with Gasteiger partial charge in [0.2, 0.25) is 11.3 Å². The van der Waals surface area contributed by atoms with E-state index in [1.54, 1.807) is 19.2 Å². The number of rotatable bonds is 11. The molecule has 0 atom stereocenters. The van der Waals surface area contributed by atoms with Crippen LogP contribution in [0.15, 0.2) is 65.1 Å². The molecular formula is C32H37N4O6+. The third-order valence-corrected chi connectivity index (χ3v) is 7.30. The lowest BCUT2D eigenvalue weighted by atomic mass is 9.90. The van der Waals surface area contributed by atoms with E-state index in [0.717, 1.165) is 27.6 Å². The summed E-state index contributed by atoms with van der Waals surface area (Å²) in [4.78, 5) is 37.7. The molecule has 0 saturated carbocycles. The molecule has 0 radical (unpaired) electrons. The van der Waals surface area contributed by atoms with E-state index in [0.29, 0.717) is 49.5 Å². The van der Waals surface area contributed by atoms with Gasteiger partial charge in [-0.25, -0.2) is 14.2 Å². The fraction of sp³-hybridized carbons (Fsp3) is 0.312. The van der Waals surface area contributed by atoms with E-state index < -0.39 is 12.1 Å². The van der Waals surface area contributed by atoms with Crippen LogP contribution in [0.1, 0.15) is 30.6 Å². The van der Waals surface area contributed by atoms with E-state index in [9.17, 15) is 19.5 Å². The van der Waals surface area contributed by atoms with E-state index >= 15 is 0 Å². The molecule has 2 aromatic carbocycles. The van der Waals surface area contributed by atoms with Crippen molar-refractivity contribution in [2.45, 2.75) is 20.3 Å². The second kappa shape index (κ2) is 13.7. The van der Waals surface area contributed by atoms with Crippen LogP contribution in [0.2, 0.25) is 0 Å². The molecule has 10 nitrogen and oxygen atoms in total. The van der Waals surface area contributed by atoms with Gasteiger partial charge in [0.05, 0.1) is 24.6 Å². The number of carboxylic acids is 1. The van der Waals surface area contributed by atoms with Gasteiger partial charge in [-0.2, -0.15) is 0 Å². The van der Waals surface area contributed by atoms with Gasteiger partial charge in [-0.15, -0.1) is 0 Å². The second-order valence-electron chi connectivity index (χ2n) is 9.66. The molecule has 0 aromatic heterocycles. The van der Waals surface area contributed by atoms with Crippen molar-refractivity contribution < 1.29 is 28.6 Å². The van der Waals surface area contributed by atoms with E-state index in [4.69, 9.17) is 9.15 Å². The van der Waals surface area contributed by atoms with Crippen molar-refractivity contribution in [1.29, 1.82) is 0 Å². The topological polar surface area (TPSA) is 124 Å². The number of fused-ring (bicyclic) bond motifs is 2. The molecule has 1 aliphatic heterocycles. The molecule has 4 rings (SSSR count). The summed E-state index contributed by atoms with van der Waals surface area (Å²) in [5.41, 5.74) is 3.80. The highest BCUT2D eigenvalue weighted by atomic mass is 16.5. The molecule has 0 saturated heterocycles. The highest BCUT2D eigenvalue weighted by Crippen LogP contribution is 2.42. The van der Waals surface area contributed by atoms with Crippen molar-refractivity contribution in [2.75, 3.05) is 51.8 Å². The summed E-state index contributed by atoms with van der Waals surface area (Å²) in [6.07, 6.45) is -0.131. The first-order valence-electron chi connectivity index (χ1n) is 14.0. The Balaban J connectivity index is 1.93. The van der Waals surface area contributed by atoms with E-state index in [1.807, 2.05) is 62.4 Å². The molecule has 1 heterocycles. The van der Waals surface area contributed by atoms with Crippen LogP contribution < -0.4 is 25.5 Å². The van der Waals surface area contributed by atoms with Crippen molar-refractivity contribution in [3.63, 3.8) is 0 Å². The Labute approximate surface area is 244 Å². The van der Waals surface area contributed by atoms with Crippen LogP contribution in [-0.4, -0.2) is 70.0 Å². The number of benzene rings is 3. The first kappa shape index (κ1) is 30.1. The molecule has 0 spiro atoms. The van der Waals surface area contributed by atoms with Gasteiger partial charge in [0.15, 0.2) is 6.54 Å². The van der Waals surface area contributed by atoms with Crippen LogP contribution in [0.4, 0.5) is 10.5 Å². The third kappa shape index (κ3) is 6.54. The van der Waals surface area contributed by atoms with Crippen molar-refractivity contribution in [2.24, 2.45) is 0 Å². The van der Waals surface area contributed by atoms with Gasteiger partial charge >= 0.3 is 12.1 Å². The average molecular weight is 574 g/mol. The molecule has 2 amide bonds. The number of nitrogens with one attached hydrogen (secondary N) is 2. The maximum atomic E-state index is 12.2. The van der Waals surface area contributed by atoms with E-state index in [-0.39, 0.29) is 18.1 Å². The molecule has 0 fully saturated rings. The third-order valence-electron chi connectivity index (χ3n) is 7.30. The number of amides is 2. The number of carbonyl (C=O) groups excluding carboxylic acids is 2. The number of nitrogens with zero attached hydrogens (tertiary/aromatic N) is 2. The highest BCUT2D eigenvalue weighted by Gasteiger charge is 2.23. The van der Waals surface area contributed by atoms with Gasteiger partial charge in [0, 0.05) is 55.0 Å². The number of likely N-dealkylation sites (N-methyl/N-ethyl adjacent to an activating group) is 1. The largest absolute Gasteiger partial charge is 0.478 e. The normalized spacial score (nSPS) is 11.7. The molecule has 0 unspecified atom stereocenters. The molecule has 42 heavy (non-hydrogen) atoms. The Hall–Kier alpha value is -4.86. The highest BCUT2D eigenvalue weighted by molar-refractivity contribution is 6.07. The smallest absolute Gasteiger partial charge is 0.406 e. The van der Waals surface area contributed by atoms with Crippen LogP contribution in [0.5, 0.6) is 0 Å². The molecular weight excluding hydrogens is 536 g/mol. The number of carboxylic acid groups (broad SMARTS) is 1. The fourth-order valence-corrected chi connectivity index (χ4v) is 5.06. The minimum atomic E-state index is -1.01. The van der Waals surface area contributed by atoms with Crippen LogP contribution in [0.3, 0.4) is 0 Å². The first-order valence-corrected chi connectivity index (χ1v) is 14.0. The minimum Gasteiger partial charge on any atom is -0.478 e. The van der Waals surface area contributed by atoms with Gasteiger partial charge in [-0.05, 0) is 43.7 Å². The number of hydrogen-bond donors (Lipinski definition) is 3. The summed E-state index contributed by atoms with van der Waals surface area (Å²) in [5, 5.41) is 16.8. The van der Waals surface area contributed by atoms with Gasteiger partial charge in [0.25, 0.3) is 0 Å². The van der Waals surface area contributed by atoms with Crippen molar-refractivity contribution >= 4 is 34.6 Å². The Bertz CT molecular complexity index is 1640. The summed E-state index contributed by atoms with van der Waals surface area (Å²) in [5.74, 6) is -0.455. The standard InChI is InChI=1S/C32H36N4O6/c1-5-35(16-15-29(37)33-3)21-11-13-25-27(19-21)42-28-20-22(36(6-2)17-18-41-32(40)34-4)12-14-26(28)30(25)23-9-7-8-10-24(23)31(38)39/h7-14,19-20H,5-6,15-18H2,1-4H3,(H2-,33,34,37,38,39,40)/p+1. The Morgan fingerprint density at radius 2 is 1.76 bits per heavy atom. The SMILES string of the molecule is CCN(CCOC(=O)NC)c1ccc2c(-c3ccccc3C(=O)O)c3ccc(=[N+](CC)CCC(=O)NC)cc-3oc2c1. The number of carbonyl (C=O) groups is 3. The van der Waals surface area contributed by atoms with Crippen molar-refractivity contribution in [3.05, 3.63) is 71.6 Å². The van der Waals surface area contributed by atoms with Gasteiger partial charge < -0.3 is 29.8 Å². The van der Waals surface area contributed by atoms with Crippen LogP contribution in [0, 0.1) is 0 Å². The molecule has 2 aromatic rings. The first-order chi connectivity index (χ1) is 20.3. The van der Waals surface area contributed by atoms with Crippen LogP contribution in [-0.2, 0) is 9.53 Å². The Kier molecular flexibility index (Phi) is 9.80. The lowest BCUT2D eigenvalue weighted by molar-refractivity contribution is -0.120. The summed E-state index contributed by atoms with van der Waals surface area (Å²) >= 11 is 0. The Morgan fingerprint density at radius 3 is 2.45 bits per heavy atom.